The first kappa shape index (κ1) is 110. The van der Waals surface area contributed by atoms with Crippen molar-refractivity contribution >= 4 is 129 Å². The molecule has 732 valence electrons. The number of phenols is 1. The van der Waals surface area contributed by atoms with Crippen LogP contribution in [-0.2, 0) is 101 Å². The number of aliphatic carboxylic acids is 1. The second-order valence-corrected chi connectivity index (χ2v) is 36.2. The number of fused-ring (bicyclic) bond motifs is 1. The molecule has 0 saturated carbocycles. The number of hydrogen-bond donors (Lipinski definition) is 23. The van der Waals surface area contributed by atoms with Crippen LogP contribution < -0.4 is 97.0 Å². The lowest BCUT2D eigenvalue weighted by Gasteiger charge is -2.33. The van der Waals surface area contributed by atoms with Gasteiger partial charge in [0.1, 0.15) is 96.4 Å². The normalized spacial score (nSPS) is 24.0. The van der Waals surface area contributed by atoms with Crippen molar-refractivity contribution in [3.8, 4) is 16.9 Å². The molecular weight excluding hydrogens is 1750 g/mol. The fourth-order valence-electron chi connectivity index (χ4n) is 14.5. The maximum absolute atomic E-state index is 15.4. The van der Waals surface area contributed by atoms with Gasteiger partial charge in [0.05, 0.1) is 18.3 Å². The average molecular weight is 1890 g/mol. The van der Waals surface area contributed by atoms with Gasteiger partial charge < -0.3 is 122 Å². The van der Waals surface area contributed by atoms with Crippen molar-refractivity contribution in [3.05, 3.63) is 126 Å². The monoisotopic (exact) mass is 1880 g/mol. The molecule has 1 aliphatic heterocycles. The van der Waals surface area contributed by atoms with Crippen molar-refractivity contribution in [2.75, 3.05) is 31.6 Å². The van der Waals surface area contributed by atoms with E-state index in [1.54, 1.807) is 98.0 Å². The molecule has 0 radical (unpaired) electrons. The standard InChI is InChI=1S/C92H133N21O20S/c1-15-50(10)75-91(133)113(14)52(12)78(120)102-63(36-46(2)3)80(122)101-62(26-21-35-97-92(95)96)79(121)103-64(37-47(4)5)83(125)110-74(49(8)9)89(131)112-76(53(13)114)90(132)108-70(87(129)99-51(11)77(94)119)44-134-45-71(116)100-69(42-93)86(128)104-65(39-55-29-33-59(115)34-30-55)81(123)106-68(41-72(117)118)82(124)105-67(40-58-43-98-61-25-20-19-24-60(58)61)85(127)109-73(48(6)7)88(130)107-66(84(126)111-75)38-54-27-31-57(32-28-54)56-22-17-16-18-23-56/h16-20,22-25,27-34,43,46-53,62-70,73-76,98,114-115H,15,21,26,35-42,44-45,93H2,1-14H3,(H2,94,119)(H,99,129)(H,100,116)(H,101,122)(H,102,120)(H,103,121)(H,104,128)(H,105,124)(H,106,123)(H,107,130)(H,108,132)(H,109,127)(H,110,125)(H,111,126)(H,112,131)(H,117,118)(H4,95,96,97)/t50-,51-,52-,53+,62-,63+,64-,65-,66-,67-,68-,69-,70-,73-,74-,75-,76-/m0/s1. The van der Waals surface area contributed by atoms with Crippen LogP contribution in [0.2, 0.25) is 0 Å². The third-order valence-corrected chi connectivity index (χ3v) is 23.7. The van der Waals surface area contributed by atoms with Crippen LogP contribution >= 0.6 is 11.8 Å². The van der Waals surface area contributed by atoms with Crippen molar-refractivity contribution in [1.29, 1.82) is 5.41 Å². The number of aromatic nitrogens is 1. The first-order valence-corrected chi connectivity index (χ1v) is 45.9. The number of carboxylic acid groups (broad SMARTS) is 1. The van der Waals surface area contributed by atoms with E-state index >= 15 is 24.0 Å². The number of amides is 16. The highest BCUT2D eigenvalue weighted by molar-refractivity contribution is 8.00. The summed E-state index contributed by atoms with van der Waals surface area (Å²) in [6, 6.07) is 4.64. The van der Waals surface area contributed by atoms with Crippen molar-refractivity contribution < 1.29 is 96.8 Å². The van der Waals surface area contributed by atoms with Gasteiger partial charge in [0, 0.05) is 62.3 Å². The first-order chi connectivity index (χ1) is 63.2. The van der Waals surface area contributed by atoms with Crippen molar-refractivity contribution in [2.24, 2.45) is 46.8 Å². The highest BCUT2D eigenvalue weighted by Gasteiger charge is 2.42. The second-order valence-electron chi connectivity index (χ2n) is 35.2. The number of aromatic amines is 1. The highest BCUT2D eigenvalue weighted by atomic mass is 32.2. The predicted octanol–water partition coefficient (Wildman–Crippen LogP) is -1.02. The summed E-state index contributed by atoms with van der Waals surface area (Å²) in [4.78, 5) is 251. The molecule has 1 aromatic heterocycles. The van der Waals surface area contributed by atoms with Crippen LogP contribution in [-0.4, -0.2) is 260 Å². The van der Waals surface area contributed by atoms with Crippen LogP contribution in [0.4, 0.5) is 0 Å². The first-order valence-electron chi connectivity index (χ1n) is 44.7. The SMILES string of the molecule is CC[C@H](C)[C@@H]1NC(=O)[C@H](Cc2ccc(-c3ccccc3)cc2)NC(=O)[C@H](C(C)C)NC(=O)[C@H](Cc2c[nH]c3ccccc23)NC(=O)[C@H](CC(=O)O)NC(=O)[C@H](Cc2ccc(O)cc2)NC(=O)[C@H](CN)NC(=O)CSC[C@@H](C(=O)N[C@@H](C)C(N)=O)NC(=O)[C@H]([C@@H](C)O)NC(=O)[C@H](C(C)C)NC(=O)[C@H](CC(C)C)NC(=O)[C@H](CCCNC(=N)N)NC(=O)[C@@H](CC(C)C)NC(=O)[C@H](C)N(C)C1=O. The summed E-state index contributed by atoms with van der Waals surface area (Å²) in [5.41, 5.74) is 20.7. The lowest BCUT2D eigenvalue weighted by atomic mass is 9.95. The number of guanidine groups is 1. The molecule has 5 aromatic rings. The largest absolute Gasteiger partial charge is 0.508 e. The summed E-state index contributed by atoms with van der Waals surface area (Å²) in [5, 5.41) is 79.2. The van der Waals surface area contributed by atoms with Gasteiger partial charge in [-0.25, -0.2) is 0 Å². The number of primary amides is 1. The number of phenolic OH excluding ortho intramolecular Hbond substituents is 1. The number of carboxylic acids is 1. The summed E-state index contributed by atoms with van der Waals surface area (Å²) in [6.07, 6.45) is -2.31. The van der Waals surface area contributed by atoms with Gasteiger partial charge >= 0.3 is 5.97 Å². The van der Waals surface area contributed by atoms with Gasteiger partial charge in [0.15, 0.2) is 5.96 Å². The molecule has 0 bridgehead atoms. The predicted molar refractivity (Wildman–Crippen MR) is 501 cm³/mol. The molecule has 0 unspecified atom stereocenters. The molecule has 0 aliphatic carbocycles. The number of nitrogens with zero attached hydrogens (tertiary/aromatic N) is 1. The molecule has 1 aliphatic rings. The minimum atomic E-state index is -2.06. The van der Waals surface area contributed by atoms with Crippen molar-refractivity contribution in [3.63, 3.8) is 0 Å². The molecule has 6 rings (SSSR count). The van der Waals surface area contributed by atoms with E-state index in [4.69, 9.17) is 22.6 Å². The van der Waals surface area contributed by atoms with E-state index in [9.17, 15) is 72.9 Å². The number of aliphatic hydroxyl groups excluding tert-OH is 1. The molecule has 2 heterocycles. The molecule has 26 N–H and O–H groups in total. The van der Waals surface area contributed by atoms with Gasteiger partial charge in [-0.15, -0.1) is 11.8 Å². The Kier molecular flexibility index (Phi) is 43.2. The molecule has 17 atom stereocenters. The lowest BCUT2D eigenvalue weighted by Crippen LogP contribution is -2.63. The number of carbonyl (C=O) groups is 17. The Labute approximate surface area is 783 Å². The number of thioether (sulfide) groups is 1. The molecule has 42 heteroatoms. The highest BCUT2D eigenvalue weighted by Crippen LogP contribution is 2.25. The topological polar surface area (TPSA) is 652 Å². The van der Waals surface area contributed by atoms with Crippen LogP contribution in [0.1, 0.15) is 145 Å². The fraction of sp³-hybridized carbons (Fsp3) is 0.522. The van der Waals surface area contributed by atoms with E-state index in [2.05, 4.69) is 84.7 Å². The molecule has 16 amide bonds. The quantitative estimate of drug-likeness (QED) is 0.0179. The molecule has 134 heavy (non-hydrogen) atoms. The third kappa shape index (κ3) is 34.1. The van der Waals surface area contributed by atoms with Crippen molar-refractivity contribution in [1.82, 2.24) is 89.6 Å². The number of benzene rings is 4. The Morgan fingerprint density at radius 2 is 0.955 bits per heavy atom. The number of likely N-dealkylation sites (N-methyl/N-ethyl adjacent to an activating group) is 1. The summed E-state index contributed by atoms with van der Waals surface area (Å²) in [5.74, 6) is -22.4. The molecule has 1 saturated heterocycles. The van der Waals surface area contributed by atoms with Gasteiger partial charge in [-0.2, -0.15) is 0 Å². The molecule has 41 nitrogen and oxygen atoms in total. The number of hydrogen-bond acceptors (Lipinski definition) is 22. The van der Waals surface area contributed by atoms with Crippen LogP contribution in [0.5, 0.6) is 5.75 Å². The summed E-state index contributed by atoms with van der Waals surface area (Å²) in [6.45, 7) is 19.8. The third-order valence-electron chi connectivity index (χ3n) is 22.6. The zero-order valence-electron chi connectivity index (χ0n) is 78.1. The summed E-state index contributed by atoms with van der Waals surface area (Å²) < 4.78 is 0. The van der Waals surface area contributed by atoms with Crippen LogP contribution in [0, 0.1) is 35.0 Å². The number of carbonyl (C=O) groups excluding carboxylic acids is 16. The molecular formula is C92H133N21O20S. The van der Waals surface area contributed by atoms with Gasteiger partial charge in [0.2, 0.25) is 94.5 Å². The van der Waals surface area contributed by atoms with E-state index in [1.165, 1.54) is 59.0 Å². The van der Waals surface area contributed by atoms with Gasteiger partial charge in [-0.3, -0.25) is 86.9 Å². The van der Waals surface area contributed by atoms with E-state index in [0.29, 0.717) is 33.8 Å². The Balaban J connectivity index is 1.48. The van der Waals surface area contributed by atoms with Crippen LogP contribution in [0.3, 0.4) is 0 Å². The number of nitrogens with one attached hydrogen (secondary N) is 17. The minimum absolute atomic E-state index is 0.0222. The molecule has 1 fully saturated rings. The van der Waals surface area contributed by atoms with Gasteiger partial charge in [0.25, 0.3) is 0 Å². The fourth-order valence-corrected chi connectivity index (χ4v) is 15.4. The lowest BCUT2D eigenvalue weighted by molar-refractivity contribution is -0.143. The minimum Gasteiger partial charge on any atom is -0.508 e. The number of nitrogens with two attached hydrogens (primary N) is 3. The Morgan fingerprint density at radius 3 is 1.49 bits per heavy atom. The summed E-state index contributed by atoms with van der Waals surface area (Å²) >= 11 is 0.678. The average Bonchev–Trinajstić information content (AvgIpc) is 1.50. The van der Waals surface area contributed by atoms with Gasteiger partial charge in [-0.05, 0) is 122 Å². The number of aliphatic hydroxyl groups is 1. The van der Waals surface area contributed by atoms with Crippen molar-refractivity contribution in [2.45, 2.75) is 245 Å². The zero-order valence-corrected chi connectivity index (χ0v) is 78.9. The van der Waals surface area contributed by atoms with E-state index in [0.717, 1.165) is 23.0 Å². The smallest absolute Gasteiger partial charge is 0.305 e. The second kappa shape index (κ2) is 52.9. The van der Waals surface area contributed by atoms with Crippen LogP contribution in [0.25, 0.3) is 22.0 Å². The van der Waals surface area contributed by atoms with E-state index in [-0.39, 0.29) is 74.6 Å². The van der Waals surface area contributed by atoms with Crippen LogP contribution in [0.15, 0.2) is 109 Å². The maximum atomic E-state index is 15.4. The van der Waals surface area contributed by atoms with E-state index < -0.39 is 252 Å². The van der Waals surface area contributed by atoms with E-state index in [1.807, 2.05) is 42.5 Å². The van der Waals surface area contributed by atoms with Gasteiger partial charge in [-0.1, -0.05) is 161 Å². The zero-order chi connectivity index (χ0) is 99.7. The number of para-hydroxylation sites is 1. The molecule has 0 spiro atoms. The Bertz CT molecular complexity index is 4920. The number of rotatable bonds is 26. The number of aromatic hydroxyl groups is 1. The Hall–Kier alpha value is -13.2. The Morgan fingerprint density at radius 1 is 0.515 bits per heavy atom. The maximum Gasteiger partial charge on any atom is 0.305 e. The number of H-pyrrole nitrogens is 1. The molecule has 4 aromatic carbocycles. The summed E-state index contributed by atoms with van der Waals surface area (Å²) in [7, 11) is 1.31.